The Morgan fingerprint density at radius 3 is 2.33 bits per heavy atom. The van der Waals surface area contributed by atoms with E-state index < -0.39 is 10.8 Å². The van der Waals surface area contributed by atoms with Crippen LogP contribution < -0.4 is 10.6 Å². The van der Waals surface area contributed by atoms with E-state index in [9.17, 15) is 4.21 Å². The minimum absolute atomic E-state index is 0.144. The second kappa shape index (κ2) is 8.51. The number of rotatable bonds is 6. The van der Waals surface area contributed by atoms with Crippen LogP contribution in [0.5, 0.6) is 0 Å². The van der Waals surface area contributed by atoms with Crippen LogP contribution in [0, 0.1) is 5.92 Å². The Bertz CT molecular complexity index is 282. The highest BCUT2D eigenvalue weighted by Gasteiger charge is 2.18. The van der Waals surface area contributed by atoms with Gasteiger partial charge < -0.3 is 10.6 Å². The van der Waals surface area contributed by atoms with E-state index in [-0.39, 0.29) is 4.75 Å². The molecule has 1 atom stereocenters. The fourth-order valence-electron chi connectivity index (χ4n) is 1.18. The van der Waals surface area contributed by atoms with Crippen molar-refractivity contribution in [3.05, 3.63) is 0 Å². The van der Waals surface area contributed by atoms with E-state index in [1.807, 2.05) is 27.7 Å². The Morgan fingerprint density at radius 2 is 1.89 bits per heavy atom. The fourth-order valence-corrected chi connectivity index (χ4v) is 2.08. The Labute approximate surface area is 114 Å². The number of hydrogen-bond donors (Lipinski definition) is 2. The van der Waals surface area contributed by atoms with E-state index in [4.69, 9.17) is 0 Å². The van der Waals surface area contributed by atoms with Gasteiger partial charge in [0.2, 0.25) is 0 Å². The molecule has 0 aliphatic carbocycles. The maximum atomic E-state index is 11.9. The van der Waals surface area contributed by atoms with Crippen molar-refractivity contribution in [1.82, 2.24) is 10.6 Å². The molecule has 108 valence electrons. The topological polar surface area (TPSA) is 53.5 Å². The number of guanidine groups is 1. The number of nitrogens with zero attached hydrogens (tertiary/aromatic N) is 1. The Morgan fingerprint density at radius 1 is 1.28 bits per heavy atom. The van der Waals surface area contributed by atoms with Crippen molar-refractivity contribution in [2.24, 2.45) is 10.9 Å². The van der Waals surface area contributed by atoms with Gasteiger partial charge in [0.05, 0.1) is 0 Å². The molecule has 4 nitrogen and oxygen atoms in total. The van der Waals surface area contributed by atoms with E-state index in [1.165, 1.54) is 0 Å². The highest BCUT2D eigenvalue weighted by molar-refractivity contribution is 7.86. The van der Waals surface area contributed by atoms with E-state index in [2.05, 4.69) is 29.5 Å². The molecule has 0 radical (unpaired) electrons. The van der Waals surface area contributed by atoms with Crippen molar-refractivity contribution in [3.63, 3.8) is 0 Å². The van der Waals surface area contributed by atoms with Crippen molar-refractivity contribution in [1.29, 1.82) is 0 Å². The molecule has 5 heteroatoms. The lowest BCUT2D eigenvalue weighted by molar-refractivity contribution is 0.645. The van der Waals surface area contributed by atoms with Crippen LogP contribution in [0.15, 0.2) is 4.99 Å². The van der Waals surface area contributed by atoms with Gasteiger partial charge in [-0.05, 0) is 33.6 Å². The summed E-state index contributed by atoms with van der Waals surface area (Å²) < 4.78 is 11.7. The molecule has 0 aliphatic heterocycles. The standard InChI is InChI=1S/C13H29N3OS/c1-7-14-12(16-10-11(2)3)15-8-9-18(17)13(4,5)6/h11H,7-10H2,1-6H3,(H2,14,15,16). The van der Waals surface area contributed by atoms with Gasteiger partial charge in [-0.15, -0.1) is 0 Å². The first-order chi connectivity index (χ1) is 8.27. The maximum absolute atomic E-state index is 11.9. The van der Waals surface area contributed by atoms with Crippen LogP contribution in [0.1, 0.15) is 41.5 Å². The summed E-state index contributed by atoms with van der Waals surface area (Å²) in [6, 6.07) is 0. The van der Waals surface area contributed by atoms with Crippen LogP contribution in [0.2, 0.25) is 0 Å². The summed E-state index contributed by atoms with van der Waals surface area (Å²) in [5, 5.41) is 6.42. The molecule has 0 spiro atoms. The van der Waals surface area contributed by atoms with Crippen LogP contribution in [-0.4, -0.2) is 40.3 Å². The predicted octanol–water partition coefficient (Wildman–Crippen LogP) is 1.74. The van der Waals surface area contributed by atoms with Gasteiger partial charge in [-0.25, -0.2) is 0 Å². The second-order valence-corrected chi connectivity index (χ2v) is 8.03. The van der Waals surface area contributed by atoms with Crippen LogP contribution in [0.3, 0.4) is 0 Å². The van der Waals surface area contributed by atoms with Gasteiger partial charge in [-0.1, -0.05) is 13.8 Å². The molecule has 1 unspecified atom stereocenters. The summed E-state index contributed by atoms with van der Waals surface area (Å²) in [4.78, 5) is 4.47. The molecule has 0 aromatic carbocycles. The predicted molar refractivity (Wildman–Crippen MR) is 81.6 cm³/mol. The second-order valence-electron chi connectivity index (χ2n) is 5.70. The first kappa shape index (κ1) is 17.4. The van der Waals surface area contributed by atoms with Gasteiger partial charge in [0.15, 0.2) is 5.96 Å². The molecule has 2 N–H and O–H groups in total. The molecule has 0 amide bonds. The minimum atomic E-state index is -0.816. The molecule has 0 saturated carbocycles. The minimum Gasteiger partial charge on any atom is -0.357 e. The molecular weight excluding hydrogens is 246 g/mol. The third-order valence-corrected chi connectivity index (χ3v) is 4.16. The zero-order valence-corrected chi connectivity index (χ0v) is 13.5. The van der Waals surface area contributed by atoms with Gasteiger partial charge in [0.25, 0.3) is 0 Å². The molecule has 0 bridgehead atoms. The van der Waals surface area contributed by atoms with Crippen molar-refractivity contribution < 1.29 is 4.21 Å². The normalized spacial score (nSPS) is 14.7. The van der Waals surface area contributed by atoms with Gasteiger partial charge in [0.1, 0.15) is 0 Å². The summed E-state index contributed by atoms with van der Waals surface area (Å²) in [5.74, 6) is 2.01. The summed E-state index contributed by atoms with van der Waals surface area (Å²) in [6.07, 6.45) is 0. The van der Waals surface area contributed by atoms with E-state index >= 15 is 0 Å². The van der Waals surface area contributed by atoms with Crippen LogP contribution >= 0.6 is 0 Å². The van der Waals surface area contributed by atoms with Crippen LogP contribution in [-0.2, 0) is 10.8 Å². The van der Waals surface area contributed by atoms with E-state index in [0.717, 1.165) is 19.0 Å². The third-order valence-electron chi connectivity index (χ3n) is 2.22. The lowest BCUT2D eigenvalue weighted by Crippen LogP contribution is -2.40. The van der Waals surface area contributed by atoms with Crippen molar-refractivity contribution in [2.75, 3.05) is 25.4 Å². The van der Waals surface area contributed by atoms with Gasteiger partial charge >= 0.3 is 0 Å². The highest BCUT2D eigenvalue weighted by atomic mass is 32.2. The smallest absolute Gasteiger partial charge is 0.191 e. The summed E-state index contributed by atoms with van der Waals surface area (Å²) in [6.45, 7) is 14.7. The zero-order chi connectivity index (χ0) is 14.2. The molecular formula is C13H29N3OS. The third kappa shape index (κ3) is 8.50. The molecule has 0 aliphatic rings. The lowest BCUT2D eigenvalue weighted by atomic mass is 10.2. The van der Waals surface area contributed by atoms with Gasteiger partial charge in [-0.2, -0.15) is 0 Å². The Kier molecular flexibility index (Phi) is 8.24. The SMILES string of the molecule is CCNC(=NCC(C)C)NCCS(=O)C(C)(C)C. The fraction of sp³-hybridized carbons (Fsp3) is 0.923. The molecule has 0 aromatic rings. The van der Waals surface area contributed by atoms with Crippen molar-refractivity contribution in [2.45, 2.75) is 46.3 Å². The quantitative estimate of drug-likeness (QED) is 0.573. The average molecular weight is 275 g/mol. The monoisotopic (exact) mass is 275 g/mol. The zero-order valence-electron chi connectivity index (χ0n) is 12.7. The number of hydrogen-bond acceptors (Lipinski definition) is 2. The highest BCUT2D eigenvalue weighted by Crippen LogP contribution is 2.10. The molecule has 18 heavy (non-hydrogen) atoms. The van der Waals surface area contributed by atoms with Gasteiger partial charge in [0, 0.05) is 40.9 Å². The number of aliphatic imine (C=N–C) groups is 1. The van der Waals surface area contributed by atoms with Crippen molar-refractivity contribution >= 4 is 16.8 Å². The lowest BCUT2D eigenvalue weighted by Gasteiger charge is -2.18. The van der Waals surface area contributed by atoms with Crippen molar-refractivity contribution in [3.8, 4) is 0 Å². The van der Waals surface area contributed by atoms with Gasteiger partial charge in [-0.3, -0.25) is 9.20 Å². The van der Waals surface area contributed by atoms with Crippen LogP contribution in [0.25, 0.3) is 0 Å². The first-order valence-corrected chi connectivity index (χ1v) is 8.00. The Hall–Kier alpha value is -0.580. The molecule has 0 fully saturated rings. The van der Waals surface area contributed by atoms with Crippen LogP contribution in [0.4, 0.5) is 0 Å². The summed E-state index contributed by atoms with van der Waals surface area (Å²) in [5.41, 5.74) is 0. The summed E-state index contributed by atoms with van der Waals surface area (Å²) >= 11 is 0. The summed E-state index contributed by atoms with van der Waals surface area (Å²) in [7, 11) is -0.816. The molecule has 0 heterocycles. The average Bonchev–Trinajstić information content (AvgIpc) is 2.24. The molecule has 0 saturated heterocycles. The largest absolute Gasteiger partial charge is 0.357 e. The molecule has 0 rings (SSSR count). The number of nitrogens with one attached hydrogen (secondary N) is 2. The van der Waals surface area contributed by atoms with E-state index in [0.29, 0.717) is 18.2 Å². The maximum Gasteiger partial charge on any atom is 0.191 e. The van der Waals surface area contributed by atoms with E-state index in [1.54, 1.807) is 0 Å². The Balaban J connectivity index is 4.12. The first-order valence-electron chi connectivity index (χ1n) is 6.68. The molecule has 0 aromatic heterocycles.